The molecule has 25 heavy (non-hydrogen) atoms. The predicted molar refractivity (Wildman–Crippen MR) is 81.4 cm³/mol. The molecule has 3 aromatic carbocycles. The van der Waals surface area contributed by atoms with Gasteiger partial charge < -0.3 is 14.8 Å². The van der Waals surface area contributed by atoms with E-state index in [-0.39, 0.29) is 34.5 Å². The summed E-state index contributed by atoms with van der Waals surface area (Å²) in [6.07, 6.45) is 0. The molecule has 0 aromatic heterocycles. The number of nitrogens with zero attached hydrogens (tertiary/aromatic N) is 2. The Morgan fingerprint density at radius 1 is 0.840 bits per heavy atom. The van der Waals surface area contributed by atoms with E-state index >= 15 is 0 Å². The van der Waals surface area contributed by atoms with Gasteiger partial charge in [0.05, 0.1) is 16.3 Å². The molecule has 0 saturated heterocycles. The Morgan fingerprint density at radius 2 is 1.56 bits per heavy atom. The van der Waals surface area contributed by atoms with E-state index < -0.39 is 20.8 Å². The molecule has 0 N–H and O–H groups in total. The molecule has 0 heterocycles. The third-order valence-electron chi connectivity index (χ3n) is 3.34. The molecule has 0 aliphatic heterocycles. The van der Waals surface area contributed by atoms with Gasteiger partial charge >= 0.3 is 17.4 Å². The van der Waals surface area contributed by atoms with Crippen molar-refractivity contribution in [2.24, 2.45) is 10.2 Å². The number of rotatable bonds is 3. The summed E-state index contributed by atoms with van der Waals surface area (Å²) in [5.74, 6) is -0.777. The Bertz CT molecular complexity index is 1070. The average Bonchev–Trinajstić information content (AvgIpc) is 2.54. The van der Waals surface area contributed by atoms with Gasteiger partial charge in [-0.25, -0.2) is 8.42 Å². The van der Waals surface area contributed by atoms with Gasteiger partial charge in [0.15, 0.2) is 0 Å². The smallest absolute Gasteiger partial charge is 0.871 e. The van der Waals surface area contributed by atoms with Crippen LogP contribution in [0.4, 0.5) is 11.4 Å². The predicted octanol–water partition coefficient (Wildman–Crippen LogP) is 2.30. The van der Waals surface area contributed by atoms with Gasteiger partial charge in [0.2, 0.25) is 0 Å². The molecule has 125 valence electrons. The summed E-state index contributed by atoms with van der Waals surface area (Å²) in [5.41, 5.74) is 0.0401. The number of benzene rings is 3. The summed E-state index contributed by atoms with van der Waals surface area (Å²) in [6, 6.07) is 12.1. The van der Waals surface area contributed by atoms with Crippen molar-refractivity contribution in [1.82, 2.24) is 0 Å². The molecule has 3 aromatic rings. The van der Waals surface area contributed by atoms with E-state index in [4.69, 9.17) is 0 Å². The summed E-state index contributed by atoms with van der Waals surface area (Å²) in [7, 11) is -4.60. The van der Waals surface area contributed by atoms with Crippen molar-refractivity contribution in [3.05, 3.63) is 54.6 Å². The zero-order valence-corrected chi connectivity index (χ0v) is 14.5. The van der Waals surface area contributed by atoms with Crippen LogP contribution in [0.2, 0.25) is 0 Å². The standard InChI is InChI=1S/C16H12N2O5S.Cr/c19-14-4-2-1-3-13(14)17-18-16-12-7-6-11(24(21,22)23)9-10(12)5-8-15(16)20;/h1-9,19-20H,(H,21,22,23);/q;+3/p-3. The first kappa shape index (κ1) is 18.9. The number of hydrogen-bond donors (Lipinski definition) is 0. The van der Waals surface area contributed by atoms with Gasteiger partial charge in [-0.3, -0.25) is 0 Å². The fourth-order valence-corrected chi connectivity index (χ4v) is 2.68. The summed E-state index contributed by atoms with van der Waals surface area (Å²) in [6.45, 7) is 0. The first-order valence-electron chi connectivity index (χ1n) is 6.74. The molecule has 3 rings (SSSR count). The molecule has 0 atom stereocenters. The number of fused-ring (bicyclic) bond motifs is 1. The van der Waals surface area contributed by atoms with Crippen LogP contribution in [-0.2, 0) is 27.5 Å². The molecule has 7 nitrogen and oxygen atoms in total. The van der Waals surface area contributed by atoms with Crippen LogP contribution < -0.4 is 10.2 Å². The van der Waals surface area contributed by atoms with Crippen molar-refractivity contribution >= 4 is 32.3 Å². The van der Waals surface area contributed by atoms with Crippen molar-refractivity contribution in [2.75, 3.05) is 0 Å². The van der Waals surface area contributed by atoms with Crippen LogP contribution in [0.1, 0.15) is 0 Å². The molecule has 0 bridgehead atoms. The summed E-state index contributed by atoms with van der Waals surface area (Å²) >= 11 is 0. The van der Waals surface area contributed by atoms with Gasteiger partial charge in [0.1, 0.15) is 10.1 Å². The van der Waals surface area contributed by atoms with E-state index in [9.17, 15) is 23.2 Å². The molecular formula is C16H9CrN2O5S. The molecule has 0 spiro atoms. The first-order chi connectivity index (χ1) is 11.4. The fourth-order valence-electron chi connectivity index (χ4n) is 2.17. The van der Waals surface area contributed by atoms with Gasteiger partial charge in [-0.05, 0) is 23.6 Å². The third-order valence-corrected chi connectivity index (χ3v) is 4.17. The second kappa shape index (κ2) is 7.21. The van der Waals surface area contributed by atoms with Crippen molar-refractivity contribution in [3.8, 4) is 11.5 Å². The van der Waals surface area contributed by atoms with Gasteiger partial charge in [0.25, 0.3) is 0 Å². The van der Waals surface area contributed by atoms with Crippen LogP contribution in [0.3, 0.4) is 0 Å². The minimum atomic E-state index is -4.60. The molecule has 9 heteroatoms. The van der Waals surface area contributed by atoms with E-state index in [1.54, 1.807) is 12.1 Å². The molecule has 0 aliphatic carbocycles. The van der Waals surface area contributed by atoms with E-state index in [2.05, 4.69) is 10.2 Å². The minimum absolute atomic E-state index is 0. The topological polar surface area (TPSA) is 128 Å². The average molecular weight is 393 g/mol. The monoisotopic (exact) mass is 393 g/mol. The van der Waals surface area contributed by atoms with E-state index in [0.717, 1.165) is 12.1 Å². The van der Waals surface area contributed by atoms with E-state index in [1.165, 1.54) is 30.3 Å². The van der Waals surface area contributed by atoms with Crippen molar-refractivity contribution in [2.45, 2.75) is 4.90 Å². The largest absolute Gasteiger partial charge is 3.00 e. The summed E-state index contributed by atoms with van der Waals surface area (Å²) in [4.78, 5) is -0.401. The second-order valence-electron chi connectivity index (χ2n) is 4.92. The Labute approximate surface area is 154 Å². The molecule has 0 unspecified atom stereocenters. The van der Waals surface area contributed by atoms with Crippen LogP contribution in [-0.4, -0.2) is 13.0 Å². The SMILES string of the molecule is O=S(=O)([O-])c1ccc2c(N=Nc3ccccc3[O-])c([O-])ccc2c1.[Cr+3]. The van der Waals surface area contributed by atoms with Gasteiger partial charge in [-0.2, -0.15) is 10.2 Å². The number of hydrogen-bond acceptors (Lipinski definition) is 7. The Hall–Kier alpha value is -2.44. The van der Waals surface area contributed by atoms with Gasteiger partial charge in [-0.15, -0.1) is 0 Å². The maximum atomic E-state index is 12.0. The van der Waals surface area contributed by atoms with Crippen LogP contribution in [0, 0.1) is 0 Å². The maximum Gasteiger partial charge on any atom is 3.00 e. The maximum absolute atomic E-state index is 12.0. The normalized spacial score (nSPS) is 11.6. The summed E-state index contributed by atoms with van der Waals surface area (Å²) < 4.78 is 33.2. The second-order valence-corrected chi connectivity index (χ2v) is 6.30. The molecule has 0 saturated carbocycles. The van der Waals surface area contributed by atoms with Crippen LogP contribution >= 0.6 is 0 Å². The van der Waals surface area contributed by atoms with Gasteiger partial charge in [0, 0.05) is 5.39 Å². The van der Waals surface area contributed by atoms with E-state index in [1.807, 2.05) is 0 Å². The van der Waals surface area contributed by atoms with Crippen LogP contribution in [0.15, 0.2) is 69.7 Å². The fraction of sp³-hybridized carbons (Fsp3) is 0. The van der Waals surface area contributed by atoms with Crippen molar-refractivity contribution in [3.63, 3.8) is 0 Å². The zero-order chi connectivity index (χ0) is 17.3. The molecule has 0 amide bonds. The van der Waals surface area contributed by atoms with Crippen LogP contribution in [0.5, 0.6) is 11.5 Å². The third kappa shape index (κ3) is 3.97. The zero-order valence-electron chi connectivity index (χ0n) is 12.4. The Balaban J connectivity index is 0.00000225. The van der Waals surface area contributed by atoms with Gasteiger partial charge in [-0.1, -0.05) is 47.9 Å². The van der Waals surface area contributed by atoms with Crippen molar-refractivity contribution < 1.29 is 40.5 Å². The first-order valence-corrected chi connectivity index (χ1v) is 8.14. The molecule has 1 radical (unpaired) electrons. The minimum Gasteiger partial charge on any atom is -0.871 e. The quantitative estimate of drug-likeness (QED) is 0.498. The Kier molecular flexibility index (Phi) is 5.45. The molecule has 0 fully saturated rings. The summed E-state index contributed by atoms with van der Waals surface area (Å²) in [5, 5.41) is 31.9. The number of azo groups is 1. The molecule has 0 aliphatic rings. The Morgan fingerprint density at radius 3 is 2.24 bits per heavy atom. The van der Waals surface area contributed by atoms with Crippen LogP contribution in [0.25, 0.3) is 10.8 Å². The molecular weight excluding hydrogens is 384 g/mol. The number of para-hydroxylation sites is 1. The van der Waals surface area contributed by atoms with E-state index in [0.29, 0.717) is 10.8 Å². The van der Waals surface area contributed by atoms with Crippen molar-refractivity contribution in [1.29, 1.82) is 0 Å².